The van der Waals surface area contributed by atoms with Crippen LogP contribution in [0.25, 0.3) is 16.9 Å². The number of Topliss-reactive ketones (excluding diaryl/α,β-unsaturated/α-hetero) is 1. The zero-order valence-electron chi connectivity index (χ0n) is 19.5. The third-order valence-electron chi connectivity index (χ3n) is 6.63. The van der Waals surface area contributed by atoms with Crippen molar-refractivity contribution in [1.82, 2.24) is 9.78 Å². The third-order valence-corrected chi connectivity index (χ3v) is 7.31. The predicted octanol–water partition coefficient (Wildman–Crippen LogP) is 6.42. The van der Waals surface area contributed by atoms with E-state index in [0.29, 0.717) is 12.0 Å². The number of thiophene rings is 1. The van der Waals surface area contributed by atoms with E-state index >= 15 is 0 Å². The first-order chi connectivity index (χ1) is 17.0. The molecule has 180 valence electrons. The van der Waals surface area contributed by atoms with Crippen LogP contribution >= 0.6 is 11.3 Å². The summed E-state index contributed by atoms with van der Waals surface area (Å²) in [5.74, 6) is 0.0839. The Morgan fingerprint density at radius 1 is 1.20 bits per heavy atom. The maximum Gasteiger partial charge on any atom is 0.161 e. The van der Waals surface area contributed by atoms with Crippen LogP contribution in [0, 0.1) is 18.7 Å². The number of aromatic nitrogens is 2. The van der Waals surface area contributed by atoms with Crippen LogP contribution in [0.2, 0.25) is 0 Å². The minimum absolute atomic E-state index is 0.0717. The lowest BCUT2D eigenvalue weighted by molar-refractivity contribution is -0.138. The lowest BCUT2D eigenvalue weighted by Gasteiger charge is -2.28. The van der Waals surface area contributed by atoms with Gasteiger partial charge in [-0.1, -0.05) is 12.1 Å². The smallest absolute Gasteiger partial charge is 0.161 e. The van der Waals surface area contributed by atoms with E-state index in [2.05, 4.69) is 5.38 Å². The Labute approximate surface area is 207 Å². The number of phenols is 1. The Balaban J connectivity index is 1.36. The summed E-state index contributed by atoms with van der Waals surface area (Å²) in [6.07, 6.45) is 4.86. The highest BCUT2D eigenvalue weighted by Crippen LogP contribution is 2.38. The molecule has 0 spiro atoms. The van der Waals surface area contributed by atoms with E-state index in [1.807, 2.05) is 29.8 Å². The highest BCUT2D eigenvalue weighted by molar-refractivity contribution is 7.08. The average molecular weight is 491 g/mol. The maximum atomic E-state index is 13.8. The van der Waals surface area contributed by atoms with Crippen LogP contribution in [0.5, 0.6) is 5.75 Å². The quantitative estimate of drug-likeness (QED) is 0.325. The van der Waals surface area contributed by atoms with Gasteiger partial charge in [0.05, 0.1) is 17.5 Å². The number of rotatable bonds is 7. The normalized spacial score (nSPS) is 18.2. The molecular formula is C28H27FN2O3S. The van der Waals surface area contributed by atoms with Crippen molar-refractivity contribution < 1.29 is 19.0 Å². The first-order valence-electron chi connectivity index (χ1n) is 11.8. The van der Waals surface area contributed by atoms with Gasteiger partial charge in [0, 0.05) is 28.6 Å². The first-order valence-corrected chi connectivity index (χ1v) is 12.7. The molecule has 7 heteroatoms. The fourth-order valence-electron chi connectivity index (χ4n) is 4.62. The van der Waals surface area contributed by atoms with Gasteiger partial charge in [-0.2, -0.15) is 16.4 Å². The number of hydrogen-bond acceptors (Lipinski definition) is 5. The number of nitrogens with zero attached hydrogens (tertiary/aromatic N) is 2. The number of carbonyl (C=O) groups excluding carboxylic acids is 1. The summed E-state index contributed by atoms with van der Waals surface area (Å²) in [5.41, 5.74) is 5.27. The summed E-state index contributed by atoms with van der Waals surface area (Å²) < 4.78 is 21.6. The highest BCUT2D eigenvalue weighted by atomic mass is 32.1. The third kappa shape index (κ3) is 5.21. The number of carbonyl (C=O) groups is 1. The summed E-state index contributed by atoms with van der Waals surface area (Å²) in [5, 5.41) is 18.4. The second-order valence-electron chi connectivity index (χ2n) is 9.08. The molecule has 5 nitrogen and oxygen atoms in total. The predicted molar refractivity (Wildman–Crippen MR) is 134 cm³/mol. The lowest BCUT2D eigenvalue weighted by atomic mass is 9.86. The van der Waals surface area contributed by atoms with Crippen molar-refractivity contribution in [3.05, 3.63) is 88.0 Å². The van der Waals surface area contributed by atoms with Crippen molar-refractivity contribution in [3.8, 4) is 22.7 Å². The zero-order chi connectivity index (χ0) is 24.4. The van der Waals surface area contributed by atoms with Crippen molar-refractivity contribution in [1.29, 1.82) is 0 Å². The Kier molecular flexibility index (Phi) is 6.79. The van der Waals surface area contributed by atoms with Gasteiger partial charge in [-0.05, 0) is 85.5 Å². The minimum atomic E-state index is -0.247. The molecule has 35 heavy (non-hydrogen) atoms. The average Bonchev–Trinajstić information content (AvgIpc) is 3.54. The molecule has 0 amide bonds. The Morgan fingerprint density at radius 2 is 2.03 bits per heavy atom. The van der Waals surface area contributed by atoms with Crippen LogP contribution in [0.15, 0.2) is 65.5 Å². The Morgan fingerprint density at radius 3 is 2.77 bits per heavy atom. The summed E-state index contributed by atoms with van der Waals surface area (Å²) in [7, 11) is 0. The molecule has 1 unspecified atom stereocenters. The monoisotopic (exact) mass is 490 g/mol. The van der Waals surface area contributed by atoms with Gasteiger partial charge in [0.15, 0.2) is 5.78 Å². The summed E-state index contributed by atoms with van der Waals surface area (Å²) in [6, 6.07) is 14.2. The highest BCUT2D eigenvalue weighted by Gasteiger charge is 2.33. The molecule has 1 saturated heterocycles. The lowest BCUT2D eigenvalue weighted by Crippen LogP contribution is -2.30. The number of halogens is 1. The van der Waals surface area contributed by atoms with Gasteiger partial charge in [0.2, 0.25) is 0 Å². The van der Waals surface area contributed by atoms with Crippen LogP contribution in [0.4, 0.5) is 4.39 Å². The van der Waals surface area contributed by atoms with Gasteiger partial charge < -0.3 is 9.84 Å². The first kappa shape index (κ1) is 23.5. The molecule has 1 fully saturated rings. The fraction of sp³-hybridized carbons (Fsp3) is 0.286. The van der Waals surface area contributed by atoms with E-state index in [0.717, 1.165) is 47.3 Å². The molecule has 0 bridgehead atoms. The number of ketones is 1. The molecule has 0 saturated carbocycles. The molecule has 3 heterocycles. The van der Waals surface area contributed by atoms with Crippen LogP contribution in [0.1, 0.15) is 42.1 Å². The molecule has 2 aromatic heterocycles. The van der Waals surface area contributed by atoms with Crippen molar-refractivity contribution in [2.75, 3.05) is 6.61 Å². The van der Waals surface area contributed by atoms with E-state index in [-0.39, 0.29) is 36.0 Å². The van der Waals surface area contributed by atoms with Crippen molar-refractivity contribution >= 4 is 17.1 Å². The molecule has 0 radical (unpaired) electrons. The van der Waals surface area contributed by atoms with Crippen LogP contribution < -0.4 is 0 Å². The molecule has 1 aliphatic rings. The van der Waals surface area contributed by atoms with Gasteiger partial charge in [-0.15, -0.1) is 0 Å². The molecule has 2 atom stereocenters. The molecule has 5 rings (SSSR count). The molecule has 1 N–H and O–H groups in total. The zero-order valence-corrected chi connectivity index (χ0v) is 20.3. The van der Waals surface area contributed by atoms with Crippen LogP contribution in [-0.2, 0) is 16.0 Å². The molecule has 1 aliphatic heterocycles. The number of aromatic hydroxyl groups is 1. The van der Waals surface area contributed by atoms with Gasteiger partial charge in [-0.3, -0.25) is 4.79 Å². The molecule has 0 aliphatic carbocycles. The van der Waals surface area contributed by atoms with E-state index in [4.69, 9.17) is 9.84 Å². The van der Waals surface area contributed by atoms with Gasteiger partial charge >= 0.3 is 0 Å². The van der Waals surface area contributed by atoms with Gasteiger partial charge in [0.1, 0.15) is 18.2 Å². The van der Waals surface area contributed by atoms with Crippen molar-refractivity contribution in [3.63, 3.8) is 0 Å². The SMILES string of the molecule is Cc1cc(-n2cc([C@@H]3CC(CCCc4ccc(O)cc4)C(=O)CO3)c(-c3ccsc3)n2)ccc1F. The largest absolute Gasteiger partial charge is 0.508 e. The van der Waals surface area contributed by atoms with Crippen LogP contribution in [-0.4, -0.2) is 27.3 Å². The summed E-state index contributed by atoms with van der Waals surface area (Å²) >= 11 is 1.60. The van der Waals surface area contributed by atoms with E-state index in [9.17, 15) is 14.3 Å². The van der Waals surface area contributed by atoms with Crippen LogP contribution in [0.3, 0.4) is 0 Å². The summed E-state index contributed by atoms with van der Waals surface area (Å²) in [4.78, 5) is 12.7. The second-order valence-corrected chi connectivity index (χ2v) is 9.86. The minimum Gasteiger partial charge on any atom is -0.508 e. The van der Waals surface area contributed by atoms with E-state index < -0.39 is 0 Å². The van der Waals surface area contributed by atoms with E-state index in [1.165, 1.54) is 6.07 Å². The number of aryl methyl sites for hydroxylation is 2. The van der Waals surface area contributed by atoms with Gasteiger partial charge in [0.25, 0.3) is 0 Å². The number of hydrogen-bond donors (Lipinski definition) is 1. The molecular weight excluding hydrogens is 463 g/mol. The topological polar surface area (TPSA) is 64.4 Å². The van der Waals surface area contributed by atoms with Crippen molar-refractivity contribution in [2.45, 2.75) is 38.7 Å². The number of phenolic OH excluding ortho intramolecular Hbond substituents is 1. The fourth-order valence-corrected chi connectivity index (χ4v) is 5.26. The number of benzene rings is 2. The Bertz CT molecular complexity index is 1310. The Hall–Kier alpha value is -3.29. The maximum absolute atomic E-state index is 13.8. The van der Waals surface area contributed by atoms with Crippen molar-refractivity contribution in [2.24, 2.45) is 5.92 Å². The molecule has 2 aromatic carbocycles. The molecule has 4 aromatic rings. The number of ether oxygens (including phenoxy) is 1. The van der Waals surface area contributed by atoms with Gasteiger partial charge in [-0.25, -0.2) is 9.07 Å². The van der Waals surface area contributed by atoms with E-state index in [1.54, 1.807) is 47.2 Å². The summed E-state index contributed by atoms with van der Waals surface area (Å²) in [6.45, 7) is 1.83. The second kappa shape index (κ2) is 10.1. The standard InChI is InChI=1S/C28H27FN2O3S/c1-18-13-22(7-10-25(18)29)31-15-24(28(30-31)21-11-12-35-17-21)27-14-20(26(33)16-34-27)4-2-3-19-5-8-23(32)9-6-19/h5-13,15,17,20,27,32H,2-4,14,16H2,1H3/t20?,27-/m0/s1.